The molecule has 2 unspecified atom stereocenters. The van der Waals surface area contributed by atoms with E-state index in [1.54, 1.807) is 24.0 Å². The zero-order valence-corrected chi connectivity index (χ0v) is 9.09. The summed E-state index contributed by atoms with van der Waals surface area (Å²) in [6.07, 6.45) is 5.18. The SMILES string of the molecule is COC1CCCCC1Nc1nncs1. The summed E-state index contributed by atoms with van der Waals surface area (Å²) in [5.41, 5.74) is 1.74. The van der Waals surface area contributed by atoms with Gasteiger partial charge in [-0.15, -0.1) is 10.2 Å². The minimum Gasteiger partial charge on any atom is -0.379 e. The lowest BCUT2D eigenvalue weighted by atomic mass is 9.92. The van der Waals surface area contributed by atoms with Gasteiger partial charge in [-0.1, -0.05) is 24.2 Å². The molecule has 0 spiro atoms. The molecule has 1 saturated carbocycles. The first kappa shape index (κ1) is 9.86. The number of hydrogen-bond acceptors (Lipinski definition) is 5. The lowest BCUT2D eigenvalue weighted by molar-refractivity contribution is 0.0606. The summed E-state index contributed by atoms with van der Waals surface area (Å²) in [6.45, 7) is 0. The molecule has 1 aromatic heterocycles. The van der Waals surface area contributed by atoms with Crippen LogP contribution in [-0.2, 0) is 4.74 Å². The molecule has 1 aromatic rings. The van der Waals surface area contributed by atoms with E-state index in [1.807, 2.05) is 0 Å². The molecule has 78 valence electrons. The van der Waals surface area contributed by atoms with Crippen molar-refractivity contribution in [3.05, 3.63) is 5.51 Å². The van der Waals surface area contributed by atoms with Crippen molar-refractivity contribution < 1.29 is 4.74 Å². The minimum absolute atomic E-state index is 0.327. The Bertz CT molecular complexity index is 265. The second-order valence-electron chi connectivity index (χ2n) is 3.55. The normalized spacial score (nSPS) is 27.5. The van der Waals surface area contributed by atoms with Gasteiger partial charge in [-0.3, -0.25) is 0 Å². The van der Waals surface area contributed by atoms with Crippen molar-refractivity contribution in [3.8, 4) is 0 Å². The van der Waals surface area contributed by atoms with Gasteiger partial charge in [0.05, 0.1) is 12.1 Å². The number of hydrogen-bond donors (Lipinski definition) is 1. The molecule has 1 N–H and O–H groups in total. The minimum atomic E-state index is 0.327. The molecule has 2 rings (SSSR count). The van der Waals surface area contributed by atoms with E-state index >= 15 is 0 Å². The van der Waals surface area contributed by atoms with Crippen LogP contribution >= 0.6 is 11.3 Å². The van der Waals surface area contributed by atoms with E-state index in [4.69, 9.17) is 4.74 Å². The van der Waals surface area contributed by atoms with Crippen LogP contribution in [0.25, 0.3) is 0 Å². The molecule has 0 radical (unpaired) electrons. The Balaban J connectivity index is 1.94. The molecule has 1 fully saturated rings. The molecule has 1 aliphatic carbocycles. The number of nitrogens with one attached hydrogen (secondary N) is 1. The van der Waals surface area contributed by atoms with Crippen LogP contribution in [-0.4, -0.2) is 29.5 Å². The first-order chi connectivity index (χ1) is 6.90. The van der Waals surface area contributed by atoms with E-state index in [0.717, 1.165) is 18.0 Å². The van der Waals surface area contributed by atoms with Crippen molar-refractivity contribution in [1.82, 2.24) is 10.2 Å². The highest BCUT2D eigenvalue weighted by atomic mass is 32.1. The van der Waals surface area contributed by atoms with Crippen LogP contribution in [0.1, 0.15) is 25.7 Å². The van der Waals surface area contributed by atoms with Crippen LogP contribution in [0.15, 0.2) is 5.51 Å². The van der Waals surface area contributed by atoms with E-state index in [0.29, 0.717) is 12.1 Å². The first-order valence-electron chi connectivity index (χ1n) is 4.95. The smallest absolute Gasteiger partial charge is 0.205 e. The van der Waals surface area contributed by atoms with Gasteiger partial charge < -0.3 is 10.1 Å². The molecule has 0 aromatic carbocycles. The van der Waals surface area contributed by atoms with Crippen molar-refractivity contribution in [1.29, 1.82) is 0 Å². The zero-order chi connectivity index (χ0) is 9.80. The maximum atomic E-state index is 5.45. The number of anilines is 1. The highest BCUT2D eigenvalue weighted by Crippen LogP contribution is 2.24. The molecule has 14 heavy (non-hydrogen) atoms. The second kappa shape index (κ2) is 4.70. The van der Waals surface area contributed by atoms with Crippen molar-refractivity contribution in [2.75, 3.05) is 12.4 Å². The maximum absolute atomic E-state index is 5.45. The number of nitrogens with zero attached hydrogens (tertiary/aromatic N) is 2. The van der Waals surface area contributed by atoms with Crippen molar-refractivity contribution in [3.63, 3.8) is 0 Å². The molecule has 1 heterocycles. The first-order valence-corrected chi connectivity index (χ1v) is 5.83. The Morgan fingerprint density at radius 3 is 3.07 bits per heavy atom. The van der Waals surface area contributed by atoms with E-state index in [2.05, 4.69) is 15.5 Å². The molecule has 0 saturated heterocycles. The van der Waals surface area contributed by atoms with Gasteiger partial charge in [0, 0.05) is 7.11 Å². The molecule has 0 amide bonds. The highest BCUT2D eigenvalue weighted by molar-refractivity contribution is 7.13. The summed E-state index contributed by atoms with van der Waals surface area (Å²) >= 11 is 1.54. The van der Waals surface area contributed by atoms with Crippen LogP contribution in [0.4, 0.5) is 5.13 Å². The van der Waals surface area contributed by atoms with Gasteiger partial charge in [0.1, 0.15) is 5.51 Å². The second-order valence-corrected chi connectivity index (χ2v) is 4.39. The van der Waals surface area contributed by atoms with E-state index in [9.17, 15) is 0 Å². The third-order valence-corrected chi connectivity index (χ3v) is 3.30. The third kappa shape index (κ3) is 2.22. The lowest BCUT2D eigenvalue weighted by Crippen LogP contribution is -2.37. The average Bonchev–Trinajstić information content (AvgIpc) is 2.71. The largest absolute Gasteiger partial charge is 0.379 e. The molecule has 5 heteroatoms. The van der Waals surface area contributed by atoms with E-state index < -0.39 is 0 Å². The Labute approximate surface area is 87.7 Å². The van der Waals surface area contributed by atoms with Gasteiger partial charge in [-0.2, -0.15) is 0 Å². The van der Waals surface area contributed by atoms with E-state index in [1.165, 1.54) is 12.8 Å². The Hall–Kier alpha value is -0.680. The van der Waals surface area contributed by atoms with Crippen molar-refractivity contribution in [2.24, 2.45) is 0 Å². The molecule has 0 aliphatic heterocycles. The summed E-state index contributed by atoms with van der Waals surface area (Å²) in [7, 11) is 1.78. The summed E-state index contributed by atoms with van der Waals surface area (Å²) in [5, 5.41) is 12.1. The topological polar surface area (TPSA) is 47.0 Å². The van der Waals surface area contributed by atoms with Crippen LogP contribution < -0.4 is 5.32 Å². The molecular formula is C9H15N3OS. The fourth-order valence-corrected chi connectivity index (χ4v) is 2.45. The van der Waals surface area contributed by atoms with E-state index in [-0.39, 0.29) is 0 Å². The van der Waals surface area contributed by atoms with Gasteiger partial charge in [-0.05, 0) is 12.8 Å². The van der Waals surface area contributed by atoms with Crippen LogP contribution in [0.2, 0.25) is 0 Å². The Morgan fingerprint density at radius 1 is 1.50 bits per heavy atom. The zero-order valence-electron chi connectivity index (χ0n) is 8.27. The summed E-state index contributed by atoms with van der Waals surface area (Å²) in [4.78, 5) is 0. The lowest BCUT2D eigenvalue weighted by Gasteiger charge is -2.30. The fourth-order valence-electron chi connectivity index (χ4n) is 1.94. The molecule has 4 nitrogen and oxygen atoms in total. The molecule has 2 atom stereocenters. The quantitative estimate of drug-likeness (QED) is 0.833. The molecule has 1 aliphatic rings. The molecule has 0 bridgehead atoms. The summed E-state index contributed by atoms with van der Waals surface area (Å²) in [6, 6.07) is 0.404. The number of rotatable bonds is 3. The number of methoxy groups -OCH3 is 1. The van der Waals surface area contributed by atoms with Crippen molar-refractivity contribution in [2.45, 2.75) is 37.8 Å². The monoisotopic (exact) mass is 213 g/mol. The summed E-state index contributed by atoms with van der Waals surface area (Å²) in [5.74, 6) is 0. The average molecular weight is 213 g/mol. The third-order valence-electron chi connectivity index (χ3n) is 2.67. The van der Waals surface area contributed by atoms with Gasteiger partial charge in [-0.25, -0.2) is 0 Å². The maximum Gasteiger partial charge on any atom is 0.205 e. The fraction of sp³-hybridized carbons (Fsp3) is 0.778. The van der Waals surface area contributed by atoms with Crippen LogP contribution in [0, 0.1) is 0 Å². The Kier molecular flexibility index (Phi) is 3.31. The van der Waals surface area contributed by atoms with Gasteiger partial charge in [0.15, 0.2) is 0 Å². The number of ether oxygens (including phenoxy) is 1. The van der Waals surface area contributed by atoms with Crippen LogP contribution in [0.3, 0.4) is 0 Å². The Morgan fingerprint density at radius 2 is 2.36 bits per heavy atom. The van der Waals surface area contributed by atoms with Crippen molar-refractivity contribution >= 4 is 16.5 Å². The standard InChI is InChI=1S/C9H15N3OS/c1-13-8-5-3-2-4-7(8)11-9-12-10-6-14-9/h6-8H,2-5H2,1H3,(H,11,12). The van der Waals surface area contributed by atoms with Gasteiger partial charge >= 0.3 is 0 Å². The van der Waals surface area contributed by atoms with Crippen LogP contribution in [0.5, 0.6) is 0 Å². The highest BCUT2D eigenvalue weighted by Gasteiger charge is 2.25. The predicted octanol–water partition coefficient (Wildman–Crippen LogP) is 1.91. The van der Waals surface area contributed by atoms with Gasteiger partial charge in [0.25, 0.3) is 0 Å². The predicted molar refractivity (Wildman–Crippen MR) is 56.6 cm³/mol. The summed E-state index contributed by atoms with van der Waals surface area (Å²) < 4.78 is 5.45. The molecular weight excluding hydrogens is 198 g/mol. The number of aromatic nitrogens is 2. The van der Waals surface area contributed by atoms with Gasteiger partial charge in [0.2, 0.25) is 5.13 Å².